The fraction of sp³-hybridized carbons (Fsp3) is 0.857. The van der Waals surface area contributed by atoms with Crippen LogP contribution in [0.3, 0.4) is 0 Å². The van der Waals surface area contributed by atoms with Gasteiger partial charge in [0.2, 0.25) is 5.91 Å². The van der Waals surface area contributed by atoms with Crippen LogP contribution in [0.2, 0.25) is 0 Å². The van der Waals surface area contributed by atoms with Crippen LogP contribution in [0.1, 0.15) is 25.7 Å². The molecule has 5 heteroatoms. The summed E-state index contributed by atoms with van der Waals surface area (Å²) >= 11 is 1.91. The lowest BCUT2D eigenvalue weighted by Crippen LogP contribution is -2.36. The molecule has 0 unspecified atom stereocenters. The van der Waals surface area contributed by atoms with Crippen LogP contribution >= 0.6 is 11.8 Å². The van der Waals surface area contributed by atoms with Crippen LogP contribution in [0.25, 0.3) is 0 Å². The summed E-state index contributed by atoms with van der Waals surface area (Å²) in [6, 6.07) is 0. The molecule has 2 atom stereocenters. The predicted octanol–water partition coefficient (Wildman–Crippen LogP) is 1.70. The van der Waals surface area contributed by atoms with Crippen molar-refractivity contribution in [3.63, 3.8) is 0 Å². The number of hydrogen-bond acceptors (Lipinski definition) is 3. The third-order valence-electron chi connectivity index (χ3n) is 4.79. The van der Waals surface area contributed by atoms with Crippen LogP contribution in [-0.4, -0.2) is 46.5 Å². The van der Waals surface area contributed by atoms with Crippen molar-refractivity contribution in [1.29, 1.82) is 0 Å². The van der Waals surface area contributed by atoms with E-state index in [4.69, 9.17) is 0 Å². The number of likely N-dealkylation sites (tertiary alicyclic amines) is 1. The van der Waals surface area contributed by atoms with E-state index in [1.807, 2.05) is 16.7 Å². The van der Waals surface area contributed by atoms with Crippen molar-refractivity contribution in [3.05, 3.63) is 0 Å². The molecular formula is C14H21NO3S. The Balaban J connectivity index is 1.65. The van der Waals surface area contributed by atoms with Crippen molar-refractivity contribution in [2.24, 2.45) is 23.7 Å². The number of amides is 1. The summed E-state index contributed by atoms with van der Waals surface area (Å²) in [6.07, 6.45) is 4.23. The maximum Gasteiger partial charge on any atom is 0.308 e. The molecule has 1 aliphatic carbocycles. The zero-order valence-electron chi connectivity index (χ0n) is 11.1. The van der Waals surface area contributed by atoms with Gasteiger partial charge in [-0.05, 0) is 49.0 Å². The predicted molar refractivity (Wildman–Crippen MR) is 74.0 cm³/mol. The molecule has 0 aromatic carbocycles. The monoisotopic (exact) mass is 283 g/mol. The Hall–Kier alpha value is -0.710. The quantitative estimate of drug-likeness (QED) is 0.856. The number of aliphatic carboxylic acids is 1. The fourth-order valence-electron chi connectivity index (χ4n) is 3.47. The van der Waals surface area contributed by atoms with Crippen LogP contribution in [-0.2, 0) is 9.59 Å². The molecule has 1 amide bonds. The van der Waals surface area contributed by atoms with Gasteiger partial charge in [-0.15, -0.1) is 0 Å². The lowest BCUT2D eigenvalue weighted by molar-refractivity contribution is -0.143. The summed E-state index contributed by atoms with van der Waals surface area (Å²) in [7, 11) is 0. The number of carboxylic acids is 1. The average molecular weight is 283 g/mol. The van der Waals surface area contributed by atoms with Gasteiger partial charge in [0.1, 0.15) is 0 Å². The SMILES string of the molecule is O=C(O)[C@H]1CN(C(=O)C2CCSCC2)C[C@@H]1C1CC1. The van der Waals surface area contributed by atoms with Crippen molar-refractivity contribution in [2.75, 3.05) is 24.6 Å². The molecule has 0 aromatic rings. The van der Waals surface area contributed by atoms with E-state index in [1.165, 1.54) is 0 Å². The van der Waals surface area contributed by atoms with Crippen LogP contribution < -0.4 is 0 Å². The van der Waals surface area contributed by atoms with Gasteiger partial charge in [-0.1, -0.05) is 0 Å². The van der Waals surface area contributed by atoms with E-state index >= 15 is 0 Å². The van der Waals surface area contributed by atoms with E-state index in [9.17, 15) is 14.7 Å². The van der Waals surface area contributed by atoms with Crippen LogP contribution in [0, 0.1) is 23.7 Å². The van der Waals surface area contributed by atoms with E-state index in [0.29, 0.717) is 19.0 Å². The lowest BCUT2D eigenvalue weighted by Gasteiger charge is -2.26. The number of carbonyl (C=O) groups excluding carboxylic acids is 1. The maximum absolute atomic E-state index is 12.5. The largest absolute Gasteiger partial charge is 0.481 e. The minimum Gasteiger partial charge on any atom is -0.481 e. The fourth-order valence-corrected chi connectivity index (χ4v) is 4.58. The highest BCUT2D eigenvalue weighted by Crippen LogP contribution is 2.44. The molecule has 3 fully saturated rings. The molecule has 2 aliphatic heterocycles. The number of hydrogen-bond donors (Lipinski definition) is 1. The molecule has 19 heavy (non-hydrogen) atoms. The third-order valence-corrected chi connectivity index (χ3v) is 5.84. The Kier molecular flexibility index (Phi) is 3.74. The maximum atomic E-state index is 12.5. The normalized spacial score (nSPS) is 32.5. The van der Waals surface area contributed by atoms with Gasteiger partial charge in [-0.3, -0.25) is 9.59 Å². The highest BCUT2D eigenvalue weighted by atomic mass is 32.2. The Morgan fingerprint density at radius 1 is 1.05 bits per heavy atom. The van der Waals surface area contributed by atoms with Gasteiger partial charge in [0.05, 0.1) is 5.92 Å². The van der Waals surface area contributed by atoms with Crippen molar-refractivity contribution >= 4 is 23.6 Å². The highest BCUT2D eigenvalue weighted by Gasteiger charge is 2.47. The van der Waals surface area contributed by atoms with Crippen molar-refractivity contribution < 1.29 is 14.7 Å². The molecule has 0 bridgehead atoms. The first kappa shape index (κ1) is 13.3. The Bertz CT molecular complexity index is 377. The summed E-state index contributed by atoms with van der Waals surface area (Å²) in [4.78, 5) is 25.7. The molecule has 0 spiro atoms. The number of nitrogens with zero attached hydrogens (tertiary/aromatic N) is 1. The molecule has 1 saturated carbocycles. The number of carboxylic acid groups (broad SMARTS) is 1. The Morgan fingerprint density at radius 3 is 2.32 bits per heavy atom. The standard InChI is InChI=1S/C14H21NO3S/c16-13(10-3-5-19-6-4-10)15-7-11(9-1-2-9)12(8-15)14(17)18/h9-12H,1-8H2,(H,17,18)/t11-,12+/m1/s1. The van der Waals surface area contributed by atoms with Gasteiger partial charge < -0.3 is 10.0 Å². The van der Waals surface area contributed by atoms with Gasteiger partial charge in [-0.25, -0.2) is 0 Å². The first-order valence-corrected chi connectivity index (χ1v) is 8.41. The molecule has 3 aliphatic rings. The van der Waals surface area contributed by atoms with E-state index < -0.39 is 5.97 Å². The molecule has 106 valence electrons. The van der Waals surface area contributed by atoms with E-state index in [2.05, 4.69) is 0 Å². The number of carbonyl (C=O) groups is 2. The molecule has 0 radical (unpaired) electrons. The van der Waals surface area contributed by atoms with Crippen LogP contribution in [0.4, 0.5) is 0 Å². The average Bonchev–Trinajstić information content (AvgIpc) is 3.17. The highest BCUT2D eigenvalue weighted by molar-refractivity contribution is 7.99. The second-order valence-electron chi connectivity index (χ2n) is 6.08. The molecule has 2 saturated heterocycles. The van der Waals surface area contributed by atoms with Gasteiger partial charge in [0, 0.05) is 19.0 Å². The summed E-state index contributed by atoms with van der Waals surface area (Å²) in [5.74, 6) is 2.22. The minimum absolute atomic E-state index is 0.147. The first-order valence-electron chi connectivity index (χ1n) is 7.26. The zero-order chi connectivity index (χ0) is 13.4. The number of rotatable bonds is 3. The molecule has 1 N–H and O–H groups in total. The topological polar surface area (TPSA) is 57.6 Å². The van der Waals surface area contributed by atoms with E-state index in [-0.39, 0.29) is 23.7 Å². The van der Waals surface area contributed by atoms with Gasteiger partial charge in [0.15, 0.2) is 0 Å². The van der Waals surface area contributed by atoms with Crippen LogP contribution in [0.5, 0.6) is 0 Å². The molecule has 0 aromatic heterocycles. The van der Waals surface area contributed by atoms with E-state index in [1.54, 1.807) is 0 Å². The summed E-state index contributed by atoms with van der Waals surface area (Å²) in [6.45, 7) is 1.13. The first-order chi connectivity index (χ1) is 9.16. The summed E-state index contributed by atoms with van der Waals surface area (Å²) in [5, 5.41) is 9.33. The lowest BCUT2D eigenvalue weighted by atomic mass is 9.92. The van der Waals surface area contributed by atoms with Crippen LogP contribution in [0.15, 0.2) is 0 Å². The smallest absolute Gasteiger partial charge is 0.308 e. The van der Waals surface area contributed by atoms with Gasteiger partial charge >= 0.3 is 5.97 Å². The molecule has 3 rings (SSSR count). The van der Waals surface area contributed by atoms with E-state index in [0.717, 1.165) is 37.2 Å². The number of thioether (sulfide) groups is 1. The molecular weight excluding hydrogens is 262 g/mol. The second kappa shape index (κ2) is 5.35. The van der Waals surface area contributed by atoms with Gasteiger partial charge in [0.25, 0.3) is 0 Å². The molecule has 4 nitrogen and oxygen atoms in total. The third kappa shape index (κ3) is 2.76. The van der Waals surface area contributed by atoms with Crippen molar-refractivity contribution in [3.8, 4) is 0 Å². The second-order valence-corrected chi connectivity index (χ2v) is 7.30. The Morgan fingerprint density at radius 2 is 1.74 bits per heavy atom. The summed E-state index contributed by atoms with van der Waals surface area (Å²) < 4.78 is 0. The Labute approximate surface area is 117 Å². The minimum atomic E-state index is -0.716. The molecule has 2 heterocycles. The van der Waals surface area contributed by atoms with Gasteiger partial charge in [-0.2, -0.15) is 11.8 Å². The van der Waals surface area contributed by atoms with Crippen molar-refractivity contribution in [1.82, 2.24) is 4.90 Å². The zero-order valence-corrected chi connectivity index (χ0v) is 11.9. The van der Waals surface area contributed by atoms with Crippen molar-refractivity contribution in [2.45, 2.75) is 25.7 Å². The summed E-state index contributed by atoms with van der Waals surface area (Å²) in [5.41, 5.74) is 0.